The van der Waals surface area contributed by atoms with Gasteiger partial charge in [-0.15, -0.1) is 0 Å². The lowest BCUT2D eigenvalue weighted by Gasteiger charge is -2.44. The van der Waals surface area contributed by atoms with Crippen LogP contribution in [0, 0.1) is 11.7 Å². The average molecular weight is 378 g/mol. The SMILES string of the molecule is Fc1ccc2c(c1)C(c1ccc(COC3CN4CCC3CC4)cc1)=CCCC2. The highest BCUT2D eigenvalue weighted by molar-refractivity contribution is 5.82. The number of ether oxygens (including phenoxy) is 1. The number of aryl methyl sites for hydroxylation is 1. The third kappa shape index (κ3) is 3.66. The third-order valence-electron chi connectivity index (χ3n) is 6.69. The number of hydrogen-bond acceptors (Lipinski definition) is 2. The Balaban J connectivity index is 1.30. The van der Waals surface area contributed by atoms with Crippen LogP contribution in [0.1, 0.15) is 47.9 Å². The summed E-state index contributed by atoms with van der Waals surface area (Å²) in [5, 5.41) is 0. The molecule has 146 valence electrons. The Morgan fingerprint density at radius 2 is 1.86 bits per heavy atom. The van der Waals surface area contributed by atoms with Crippen molar-refractivity contribution >= 4 is 5.57 Å². The lowest BCUT2D eigenvalue weighted by Crippen LogP contribution is -2.51. The molecule has 0 saturated carbocycles. The Hall–Kier alpha value is -1.97. The smallest absolute Gasteiger partial charge is 0.123 e. The molecule has 0 amide bonds. The summed E-state index contributed by atoms with van der Waals surface area (Å²) in [7, 11) is 0. The van der Waals surface area contributed by atoms with E-state index in [2.05, 4.69) is 35.2 Å². The maximum Gasteiger partial charge on any atom is 0.123 e. The van der Waals surface area contributed by atoms with E-state index in [0.717, 1.165) is 42.9 Å². The first kappa shape index (κ1) is 18.1. The standard InChI is InChI=1S/C25H28FNO/c26-22-10-9-19-3-1-2-4-23(24(19)15-22)20-7-5-18(6-8-20)17-28-25-16-27-13-11-21(25)12-14-27/h4-10,15,21,25H,1-3,11-14,16-17H2. The summed E-state index contributed by atoms with van der Waals surface area (Å²) in [5.74, 6) is 0.584. The number of allylic oxidation sites excluding steroid dienone is 1. The van der Waals surface area contributed by atoms with Crippen molar-refractivity contribution < 1.29 is 9.13 Å². The fraction of sp³-hybridized carbons (Fsp3) is 0.440. The fourth-order valence-electron chi connectivity index (χ4n) is 5.02. The van der Waals surface area contributed by atoms with Gasteiger partial charge in [-0.2, -0.15) is 0 Å². The van der Waals surface area contributed by atoms with E-state index < -0.39 is 0 Å². The number of hydrogen-bond donors (Lipinski definition) is 0. The lowest BCUT2D eigenvalue weighted by molar-refractivity contribution is -0.0765. The number of piperidine rings is 3. The Kier molecular flexibility index (Phi) is 5.04. The molecule has 1 unspecified atom stereocenters. The molecule has 3 saturated heterocycles. The molecule has 0 N–H and O–H groups in total. The van der Waals surface area contributed by atoms with Crippen molar-refractivity contribution in [2.45, 2.75) is 44.8 Å². The van der Waals surface area contributed by atoms with Crippen molar-refractivity contribution in [3.63, 3.8) is 0 Å². The van der Waals surface area contributed by atoms with Crippen LogP contribution in [0.5, 0.6) is 0 Å². The summed E-state index contributed by atoms with van der Waals surface area (Å²) < 4.78 is 20.1. The maximum absolute atomic E-state index is 13.9. The minimum atomic E-state index is -0.158. The van der Waals surface area contributed by atoms with E-state index in [4.69, 9.17) is 4.74 Å². The predicted molar refractivity (Wildman–Crippen MR) is 111 cm³/mol. The molecule has 2 aromatic rings. The molecule has 3 aliphatic heterocycles. The average Bonchev–Trinajstić information content (AvgIpc) is 2.95. The predicted octanol–water partition coefficient (Wildman–Crippen LogP) is 5.20. The Morgan fingerprint density at radius 1 is 1.04 bits per heavy atom. The summed E-state index contributed by atoms with van der Waals surface area (Å²) in [4.78, 5) is 2.53. The van der Waals surface area contributed by atoms with Gasteiger partial charge in [-0.05, 0) is 91.1 Å². The van der Waals surface area contributed by atoms with E-state index in [1.54, 1.807) is 12.1 Å². The van der Waals surface area contributed by atoms with Crippen LogP contribution < -0.4 is 0 Å². The lowest BCUT2D eigenvalue weighted by atomic mass is 9.86. The number of nitrogens with zero attached hydrogens (tertiary/aromatic N) is 1. The number of fused-ring (bicyclic) bond motifs is 4. The molecule has 3 heterocycles. The molecule has 2 bridgehead atoms. The van der Waals surface area contributed by atoms with Crippen LogP contribution >= 0.6 is 0 Å². The number of halogens is 1. The van der Waals surface area contributed by atoms with Gasteiger partial charge in [0.05, 0.1) is 12.7 Å². The topological polar surface area (TPSA) is 12.5 Å². The molecule has 6 rings (SSSR count). The van der Waals surface area contributed by atoms with Crippen molar-refractivity contribution in [3.8, 4) is 0 Å². The molecule has 0 spiro atoms. The van der Waals surface area contributed by atoms with E-state index in [1.165, 1.54) is 42.6 Å². The van der Waals surface area contributed by atoms with Crippen molar-refractivity contribution in [1.29, 1.82) is 0 Å². The van der Waals surface area contributed by atoms with Gasteiger partial charge in [-0.3, -0.25) is 0 Å². The molecule has 2 aromatic carbocycles. The second-order valence-electron chi connectivity index (χ2n) is 8.50. The van der Waals surface area contributed by atoms with Gasteiger partial charge in [-0.1, -0.05) is 36.4 Å². The fourth-order valence-corrected chi connectivity index (χ4v) is 5.02. The van der Waals surface area contributed by atoms with E-state index >= 15 is 0 Å². The molecule has 1 aliphatic carbocycles. The molecule has 0 aromatic heterocycles. The highest BCUT2D eigenvalue weighted by atomic mass is 19.1. The van der Waals surface area contributed by atoms with Gasteiger partial charge in [-0.25, -0.2) is 4.39 Å². The first-order valence-electron chi connectivity index (χ1n) is 10.7. The van der Waals surface area contributed by atoms with Gasteiger partial charge in [0, 0.05) is 6.54 Å². The normalized spacial score (nSPS) is 26.5. The van der Waals surface area contributed by atoms with Gasteiger partial charge in [0.1, 0.15) is 5.82 Å². The molecule has 3 heteroatoms. The van der Waals surface area contributed by atoms with Crippen LogP contribution in [0.3, 0.4) is 0 Å². The molecule has 3 fully saturated rings. The molecule has 4 aliphatic rings. The first-order chi connectivity index (χ1) is 13.8. The second kappa shape index (κ2) is 7.81. The zero-order chi connectivity index (χ0) is 18.9. The summed E-state index contributed by atoms with van der Waals surface area (Å²) in [6.07, 6.45) is 8.40. The zero-order valence-corrected chi connectivity index (χ0v) is 16.4. The van der Waals surface area contributed by atoms with Crippen LogP contribution in [-0.2, 0) is 17.8 Å². The Bertz CT molecular complexity index is 865. The van der Waals surface area contributed by atoms with E-state index in [9.17, 15) is 4.39 Å². The van der Waals surface area contributed by atoms with Crippen LogP contribution in [-0.4, -0.2) is 30.6 Å². The summed E-state index contributed by atoms with van der Waals surface area (Å²) in [6.45, 7) is 4.27. The van der Waals surface area contributed by atoms with Crippen LogP contribution in [0.15, 0.2) is 48.5 Å². The van der Waals surface area contributed by atoms with Gasteiger partial charge in [0.15, 0.2) is 0 Å². The summed E-state index contributed by atoms with van der Waals surface area (Å²) in [6, 6.07) is 13.9. The van der Waals surface area contributed by atoms with Crippen molar-refractivity contribution in [2.24, 2.45) is 5.92 Å². The largest absolute Gasteiger partial charge is 0.372 e. The van der Waals surface area contributed by atoms with E-state index in [-0.39, 0.29) is 5.82 Å². The molecule has 0 radical (unpaired) electrons. The molecule has 2 nitrogen and oxygen atoms in total. The number of rotatable bonds is 4. The quantitative estimate of drug-likeness (QED) is 0.726. The summed E-state index contributed by atoms with van der Waals surface area (Å²) >= 11 is 0. The maximum atomic E-state index is 13.9. The van der Waals surface area contributed by atoms with Crippen molar-refractivity contribution in [1.82, 2.24) is 4.90 Å². The van der Waals surface area contributed by atoms with Gasteiger partial charge >= 0.3 is 0 Å². The van der Waals surface area contributed by atoms with E-state index in [0.29, 0.717) is 12.7 Å². The summed E-state index contributed by atoms with van der Waals surface area (Å²) in [5.41, 5.74) is 5.85. The van der Waals surface area contributed by atoms with E-state index in [1.807, 2.05) is 6.07 Å². The monoisotopic (exact) mass is 377 g/mol. The van der Waals surface area contributed by atoms with Crippen molar-refractivity contribution in [2.75, 3.05) is 19.6 Å². The Morgan fingerprint density at radius 3 is 2.61 bits per heavy atom. The van der Waals surface area contributed by atoms with Gasteiger partial charge in [0.2, 0.25) is 0 Å². The zero-order valence-electron chi connectivity index (χ0n) is 16.4. The first-order valence-corrected chi connectivity index (χ1v) is 10.7. The molecular weight excluding hydrogens is 349 g/mol. The van der Waals surface area contributed by atoms with Crippen LogP contribution in [0.25, 0.3) is 5.57 Å². The van der Waals surface area contributed by atoms with Crippen LogP contribution in [0.4, 0.5) is 4.39 Å². The molecule has 1 atom stereocenters. The second-order valence-corrected chi connectivity index (χ2v) is 8.50. The van der Waals surface area contributed by atoms with Crippen LogP contribution in [0.2, 0.25) is 0 Å². The Labute approximate surface area is 167 Å². The minimum absolute atomic E-state index is 0.158. The molecular formula is C25H28FNO. The van der Waals surface area contributed by atoms with Gasteiger partial charge in [0.25, 0.3) is 0 Å². The minimum Gasteiger partial charge on any atom is -0.372 e. The molecule has 28 heavy (non-hydrogen) atoms. The third-order valence-corrected chi connectivity index (χ3v) is 6.69. The number of benzene rings is 2. The highest BCUT2D eigenvalue weighted by Gasteiger charge is 2.34. The van der Waals surface area contributed by atoms with Crippen molar-refractivity contribution in [3.05, 3.63) is 76.6 Å². The highest BCUT2D eigenvalue weighted by Crippen LogP contribution is 2.32. The van der Waals surface area contributed by atoms with Gasteiger partial charge < -0.3 is 9.64 Å².